The highest BCUT2D eigenvalue weighted by Gasteiger charge is 2.30. The number of allylic oxidation sites excluding steroid dienone is 2. The SMILES string of the molecule is O=S(=O)(Cc1ccccc1)C1CC/C=C\CC/C1=N\O. The monoisotopic (exact) mass is 293 g/mol. The van der Waals surface area contributed by atoms with Gasteiger partial charge < -0.3 is 5.21 Å². The smallest absolute Gasteiger partial charge is 0.162 e. The van der Waals surface area contributed by atoms with Gasteiger partial charge in [-0.25, -0.2) is 8.42 Å². The topological polar surface area (TPSA) is 66.7 Å². The lowest BCUT2D eigenvalue weighted by molar-refractivity contribution is 0.316. The third-order valence-electron chi connectivity index (χ3n) is 3.47. The number of nitrogens with zero attached hydrogens (tertiary/aromatic N) is 1. The van der Waals surface area contributed by atoms with Gasteiger partial charge in [0.2, 0.25) is 0 Å². The zero-order chi connectivity index (χ0) is 14.4. The van der Waals surface area contributed by atoms with Gasteiger partial charge in [0.1, 0.15) is 5.25 Å². The van der Waals surface area contributed by atoms with E-state index >= 15 is 0 Å². The standard InChI is InChI=1S/C15H19NO3S/c17-16-14-10-6-1-2-7-11-15(14)20(18,19)12-13-8-4-3-5-9-13/h1-5,8-9,15,17H,6-7,10-12H2/b2-1-,16-14+. The molecule has 20 heavy (non-hydrogen) atoms. The van der Waals surface area contributed by atoms with Gasteiger partial charge in [0.15, 0.2) is 9.84 Å². The van der Waals surface area contributed by atoms with Gasteiger partial charge in [-0.3, -0.25) is 0 Å². The molecule has 108 valence electrons. The zero-order valence-corrected chi connectivity index (χ0v) is 12.1. The molecule has 0 saturated heterocycles. The van der Waals surface area contributed by atoms with Gasteiger partial charge in [0.05, 0.1) is 11.5 Å². The average Bonchev–Trinajstić information content (AvgIpc) is 2.39. The van der Waals surface area contributed by atoms with E-state index in [0.717, 1.165) is 12.0 Å². The fraction of sp³-hybridized carbons (Fsp3) is 0.400. The summed E-state index contributed by atoms with van der Waals surface area (Å²) in [5.41, 5.74) is 1.15. The molecule has 4 nitrogen and oxygen atoms in total. The van der Waals surface area contributed by atoms with Crippen molar-refractivity contribution < 1.29 is 13.6 Å². The molecular weight excluding hydrogens is 274 g/mol. The summed E-state index contributed by atoms with van der Waals surface area (Å²) in [6.07, 6.45) is 6.38. The minimum atomic E-state index is -3.36. The van der Waals surface area contributed by atoms with E-state index in [2.05, 4.69) is 5.16 Å². The molecule has 1 aromatic rings. The largest absolute Gasteiger partial charge is 0.411 e. The minimum Gasteiger partial charge on any atom is -0.411 e. The molecule has 0 saturated carbocycles. The number of sulfone groups is 1. The van der Waals surface area contributed by atoms with E-state index < -0.39 is 15.1 Å². The lowest BCUT2D eigenvalue weighted by Crippen LogP contribution is -2.32. The van der Waals surface area contributed by atoms with E-state index in [4.69, 9.17) is 5.21 Å². The maximum atomic E-state index is 12.6. The summed E-state index contributed by atoms with van der Waals surface area (Å²) in [6.45, 7) is 0. The summed E-state index contributed by atoms with van der Waals surface area (Å²) in [5, 5.41) is 11.7. The molecule has 1 N–H and O–H groups in total. The molecule has 0 heterocycles. The summed E-state index contributed by atoms with van der Waals surface area (Å²) >= 11 is 0. The highest BCUT2D eigenvalue weighted by molar-refractivity contribution is 7.92. The molecule has 0 aliphatic heterocycles. The first-order valence-electron chi connectivity index (χ1n) is 6.75. The summed E-state index contributed by atoms with van der Waals surface area (Å²) in [7, 11) is -3.36. The van der Waals surface area contributed by atoms with Crippen molar-refractivity contribution in [3.8, 4) is 0 Å². The number of rotatable bonds is 3. The van der Waals surface area contributed by atoms with Crippen molar-refractivity contribution in [2.24, 2.45) is 5.16 Å². The van der Waals surface area contributed by atoms with Crippen LogP contribution in [0.2, 0.25) is 0 Å². The second-order valence-electron chi connectivity index (χ2n) is 4.96. The zero-order valence-electron chi connectivity index (χ0n) is 11.3. The maximum Gasteiger partial charge on any atom is 0.162 e. The van der Waals surface area contributed by atoms with Crippen LogP contribution < -0.4 is 0 Å². The van der Waals surface area contributed by atoms with Crippen LogP contribution in [0.25, 0.3) is 0 Å². The number of benzene rings is 1. The van der Waals surface area contributed by atoms with Crippen LogP contribution in [0.1, 0.15) is 31.2 Å². The van der Waals surface area contributed by atoms with Gasteiger partial charge in [0, 0.05) is 0 Å². The average molecular weight is 293 g/mol. The number of oxime groups is 1. The van der Waals surface area contributed by atoms with Crippen LogP contribution in [-0.2, 0) is 15.6 Å². The van der Waals surface area contributed by atoms with Crippen LogP contribution >= 0.6 is 0 Å². The van der Waals surface area contributed by atoms with E-state index in [1.807, 2.05) is 30.4 Å². The van der Waals surface area contributed by atoms with E-state index in [1.54, 1.807) is 12.1 Å². The van der Waals surface area contributed by atoms with Crippen molar-refractivity contribution in [2.75, 3.05) is 0 Å². The molecule has 0 spiro atoms. The van der Waals surface area contributed by atoms with Crippen LogP contribution in [0.5, 0.6) is 0 Å². The molecule has 0 amide bonds. The Labute approximate surface area is 119 Å². The predicted octanol–water partition coefficient (Wildman–Crippen LogP) is 2.93. The van der Waals surface area contributed by atoms with E-state index in [1.165, 1.54) is 0 Å². The van der Waals surface area contributed by atoms with Crippen LogP contribution in [0.4, 0.5) is 0 Å². The molecule has 1 aliphatic rings. The first-order valence-corrected chi connectivity index (χ1v) is 8.46. The Balaban J connectivity index is 2.24. The molecular formula is C15H19NO3S. The Hall–Kier alpha value is -1.62. The van der Waals surface area contributed by atoms with Crippen molar-refractivity contribution in [1.29, 1.82) is 0 Å². The second-order valence-corrected chi connectivity index (χ2v) is 7.14. The molecule has 1 aliphatic carbocycles. The fourth-order valence-electron chi connectivity index (χ4n) is 2.45. The fourth-order valence-corrected chi connectivity index (χ4v) is 4.38. The van der Waals surface area contributed by atoms with Crippen LogP contribution in [-0.4, -0.2) is 24.6 Å². The molecule has 0 aromatic heterocycles. The number of hydrogen-bond acceptors (Lipinski definition) is 4. The summed E-state index contributed by atoms with van der Waals surface area (Å²) in [4.78, 5) is 0. The van der Waals surface area contributed by atoms with E-state index in [-0.39, 0.29) is 5.75 Å². The Bertz CT molecular complexity index is 591. The summed E-state index contributed by atoms with van der Waals surface area (Å²) < 4.78 is 25.1. The quantitative estimate of drug-likeness (QED) is 0.529. The Morgan fingerprint density at radius 3 is 2.55 bits per heavy atom. The normalized spacial score (nSPS) is 24.0. The van der Waals surface area contributed by atoms with Gasteiger partial charge in [-0.15, -0.1) is 0 Å². The molecule has 0 fully saturated rings. The third-order valence-corrected chi connectivity index (χ3v) is 5.58. The predicted molar refractivity (Wildman–Crippen MR) is 79.7 cm³/mol. The lowest BCUT2D eigenvalue weighted by Gasteiger charge is -2.19. The van der Waals surface area contributed by atoms with Crippen LogP contribution in [0.15, 0.2) is 47.6 Å². The minimum absolute atomic E-state index is 0.0127. The van der Waals surface area contributed by atoms with Gasteiger partial charge in [-0.05, 0) is 31.2 Å². The van der Waals surface area contributed by atoms with Crippen molar-refractivity contribution in [2.45, 2.75) is 36.7 Å². The second kappa shape index (κ2) is 6.70. The van der Waals surface area contributed by atoms with Crippen LogP contribution in [0, 0.1) is 0 Å². The summed E-state index contributed by atoms with van der Waals surface area (Å²) in [6, 6.07) is 9.11. The van der Waals surface area contributed by atoms with Crippen molar-refractivity contribution in [3.63, 3.8) is 0 Å². The highest BCUT2D eigenvalue weighted by Crippen LogP contribution is 2.21. The third kappa shape index (κ3) is 3.70. The molecule has 5 heteroatoms. The Kier molecular flexibility index (Phi) is 4.95. The first-order chi connectivity index (χ1) is 9.63. The van der Waals surface area contributed by atoms with Crippen molar-refractivity contribution >= 4 is 15.5 Å². The van der Waals surface area contributed by atoms with Crippen molar-refractivity contribution in [1.82, 2.24) is 0 Å². The Morgan fingerprint density at radius 1 is 1.15 bits per heavy atom. The first kappa shape index (κ1) is 14.8. The van der Waals surface area contributed by atoms with E-state index in [9.17, 15) is 8.42 Å². The summed E-state index contributed by atoms with van der Waals surface area (Å²) in [5.74, 6) is -0.0127. The highest BCUT2D eigenvalue weighted by atomic mass is 32.2. The molecule has 1 atom stereocenters. The number of hydrogen-bond donors (Lipinski definition) is 1. The molecule has 1 unspecified atom stereocenters. The molecule has 0 bridgehead atoms. The van der Waals surface area contributed by atoms with Crippen molar-refractivity contribution in [3.05, 3.63) is 48.0 Å². The maximum absolute atomic E-state index is 12.6. The molecule has 2 rings (SSSR count). The molecule has 1 aromatic carbocycles. The van der Waals surface area contributed by atoms with Gasteiger partial charge in [-0.1, -0.05) is 47.6 Å². The van der Waals surface area contributed by atoms with E-state index in [0.29, 0.717) is 25.0 Å². The Morgan fingerprint density at radius 2 is 1.85 bits per heavy atom. The van der Waals surface area contributed by atoms with Gasteiger partial charge >= 0.3 is 0 Å². The van der Waals surface area contributed by atoms with Gasteiger partial charge in [-0.2, -0.15) is 0 Å². The molecule has 0 radical (unpaired) electrons. The van der Waals surface area contributed by atoms with Gasteiger partial charge in [0.25, 0.3) is 0 Å². The van der Waals surface area contributed by atoms with Crippen LogP contribution in [0.3, 0.4) is 0 Å². The lowest BCUT2D eigenvalue weighted by atomic mass is 10.0.